The molecule has 5 rings (SSSR count). The summed E-state index contributed by atoms with van der Waals surface area (Å²) in [5.74, 6) is -2.83. The summed E-state index contributed by atoms with van der Waals surface area (Å²) in [5, 5.41) is 10.2. The van der Waals surface area contributed by atoms with Crippen LogP contribution in [0.25, 0.3) is 22.5 Å². The first-order valence-electron chi connectivity index (χ1n) is 19.2. The Morgan fingerprint density at radius 2 is 1.37 bits per heavy atom. The Bertz CT molecular complexity index is 1640. The van der Waals surface area contributed by atoms with Crippen LogP contribution < -0.4 is 16.0 Å². The number of likely N-dealkylation sites (tertiary alicyclic amines) is 1. The van der Waals surface area contributed by atoms with Gasteiger partial charge in [-0.2, -0.15) is 0 Å². The molecule has 278 valence electrons. The molecule has 1 aliphatic heterocycles. The highest BCUT2D eigenvalue weighted by atomic mass is 19.3. The van der Waals surface area contributed by atoms with Crippen LogP contribution in [0.4, 0.5) is 8.78 Å². The number of rotatable bonds is 18. The van der Waals surface area contributed by atoms with Crippen LogP contribution >= 0.6 is 0 Å². The number of hydrogen-bond acceptors (Lipinski definition) is 4. The number of nitrogens with one attached hydrogen (secondary N) is 3. The Morgan fingerprint density at radius 1 is 0.808 bits per heavy atom. The van der Waals surface area contributed by atoms with Gasteiger partial charge in [-0.15, -0.1) is 0 Å². The van der Waals surface area contributed by atoms with Crippen LogP contribution in [0, 0.1) is 0 Å². The molecule has 1 fully saturated rings. The van der Waals surface area contributed by atoms with Crippen LogP contribution in [0.5, 0.6) is 0 Å². The molecule has 1 saturated heterocycles. The number of unbranched alkanes of at least 4 members (excludes halogenated alkanes) is 1. The average molecular weight is 707 g/mol. The summed E-state index contributed by atoms with van der Waals surface area (Å²) in [5.41, 5.74) is 8.71. The van der Waals surface area contributed by atoms with Crippen molar-refractivity contribution in [2.75, 3.05) is 32.7 Å². The molecular formula is C46H60F2N4. The van der Waals surface area contributed by atoms with Gasteiger partial charge in [-0.05, 0) is 60.9 Å². The molecule has 1 heterocycles. The molecule has 0 unspecified atom stereocenters. The Balaban J connectivity index is 0.00000297. The molecule has 3 aromatic carbocycles. The summed E-state index contributed by atoms with van der Waals surface area (Å²) in [6.45, 7) is 23.5. The predicted octanol–water partition coefficient (Wildman–Crippen LogP) is 10.7. The topological polar surface area (TPSA) is 39.3 Å². The summed E-state index contributed by atoms with van der Waals surface area (Å²) in [4.78, 5) is 2.55. The molecule has 0 spiro atoms. The van der Waals surface area contributed by atoms with Crippen molar-refractivity contribution in [1.29, 1.82) is 0 Å². The standard InChI is InChI=1S/C44H54F2N4.C2H6/c1-6-7-8-9-17-28-47-33(2)37-19-10-11-20-38(37)34(3)49-36-25-30-50(31-26-36)29-18-16-27-44(35(4)48-32-43(5,45)46)41-23-14-12-21-39(41)40-22-13-15-24-42(40)44;1-2/h7-15,17,19-24,36,47-49H,2-4,6,16,18,25-32H2,1,5H3;1-2H3/b8-7-,17-9+;. The van der Waals surface area contributed by atoms with Crippen molar-refractivity contribution in [2.45, 2.75) is 83.6 Å². The van der Waals surface area contributed by atoms with Gasteiger partial charge in [0, 0.05) is 60.8 Å². The third kappa shape index (κ3) is 10.1. The molecule has 0 aromatic heterocycles. The first-order valence-corrected chi connectivity index (χ1v) is 19.2. The fourth-order valence-electron chi connectivity index (χ4n) is 7.48. The minimum absolute atomic E-state index is 0.363. The zero-order valence-electron chi connectivity index (χ0n) is 31.9. The molecule has 1 aliphatic carbocycles. The van der Waals surface area contributed by atoms with Gasteiger partial charge in [-0.25, -0.2) is 8.78 Å². The van der Waals surface area contributed by atoms with Gasteiger partial charge in [0.05, 0.1) is 12.0 Å². The van der Waals surface area contributed by atoms with Crippen LogP contribution in [0.1, 0.15) is 88.5 Å². The van der Waals surface area contributed by atoms with E-state index < -0.39 is 17.9 Å². The number of piperidine rings is 1. The quantitative estimate of drug-likeness (QED) is 0.0910. The molecule has 0 saturated carbocycles. The van der Waals surface area contributed by atoms with Gasteiger partial charge in [-0.3, -0.25) is 0 Å². The number of allylic oxidation sites excluding steroid dienone is 4. The summed E-state index contributed by atoms with van der Waals surface area (Å²) in [6.07, 6.45) is 14.3. The maximum atomic E-state index is 14.0. The van der Waals surface area contributed by atoms with Gasteiger partial charge in [0.25, 0.3) is 5.92 Å². The smallest absolute Gasteiger partial charge is 0.262 e. The highest BCUT2D eigenvalue weighted by Gasteiger charge is 2.45. The SMILES string of the molecule is C=C(NC/C=C/C=C\CC)c1ccccc1C(=C)NC1CCN(CCCCC2(C(=C)NCC(C)(F)F)c3ccccc3-c3ccccc32)CC1.CC. The van der Waals surface area contributed by atoms with Crippen LogP contribution in [0.3, 0.4) is 0 Å². The van der Waals surface area contributed by atoms with Crippen molar-refractivity contribution in [3.8, 4) is 11.1 Å². The van der Waals surface area contributed by atoms with E-state index in [4.69, 9.17) is 0 Å². The molecule has 0 atom stereocenters. The molecular weight excluding hydrogens is 647 g/mol. The monoisotopic (exact) mass is 706 g/mol. The minimum Gasteiger partial charge on any atom is -0.382 e. The van der Waals surface area contributed by atoms with Crippen molar-refractivity contribution >= 4 is 11.4 Å². The first-order chi connectivity index (χ1) is 25.1. The third-order valence-electron chi connectivity index (χ3n) is 10.1. The number of nitrogens with zero attached hydrogens (tertiary/aromatic N) is 1. The first kappa shape index (κ1) is 40.4. The van der Waals surface area contributed by atoms with Gasteiger partial charge in [-0.1, -0.05) is 144 Å². The van der Waals surface area contributed by atoms with Crippen LogP contribution in [-0.4, -0.2) is 49.6 Å². The molecule has 2 aliphatic rings. The van der Waals surface area contributed by atoms with Crippen molar-refractivity contribution < 1.29 is 8.78 Å². The van der Waals surface area contributed by atoms with Crippen molar-refractivity contribution in [2.24, 2.45) is 0 Å². The Labute approximate surface area is 312 Å². The number of benzene rings is 3. The van der Waals surface area contributed by atoms with Gasteiger partial charge < -0.3 is 20.9 Å². The Kier molecular flexibility index (Phi) is 15.1. The third-order valence-corrected chi connectivity index (χ3v) is 10.1. The second kappa shape index (κ2) is 19.4. The summed E-state index contributed by atoms with van der Waals surface area (Å²) in [6, 6.07) is 25.4. The number of hydrogen-bond donors (Lipinski definition) is 3. The van der Waals surface area contributed by atoms with E-state index in [0.717, 1.165) is 98.7 Å². The van der Waals surface area contributed by atoms with E-state index in [9.17, 15) is 8.78 Å². The molecule has 3 N–H and O–H groups in total. The highest BCUT2D eigenvalue weighted by molar-refractivity contribution is 5.83. The van der Waals surface area contributed by atoms with E-state index in [0.29, 0.717) is 18.3 Å². The van der Waals surface area contributed by atoms with E-state index in [1.165, 1.54) is 11.1 Å². The Morgan fingerprint density at radius 3 is 1.96 bits per heavy atom. The van der Waals surface area contributed by atoms with E-state index in [1.54, 1.807) is 0 Å². The molecule has 6 heteroatoms. The van der Waals surface area contributed by atoms with E-state index in [1.807, 2.05) is 38.1 Å². The van der Waals surface area contributed by atoms with Gasteiger partial charge in [0.15, 0.2) is 0 Å². The van der Waals surface area contributed by atoms with Crippen molar-refractivity contribution in [1.82, 2.24) is 20.9 Å². The van der Waals surface area contributed by atoms with Crippen LogP contribution in [0.15, 0.2) is 123 Å². The summed E-state index contributed by atoms with van der Waals surface area (Å²) in [7, 11) is 0. The zero-order chi connectivity index (χ0) is 37.6. The predicted molar refractivity (Wildman–Crippen MR) is 219 cm³/mol. The number of alkyl halides is 2. The fourth-order valence-corrected chi connectivity index (χ4v) is 7.48. The van der Waals surface area contributed by atoms with Crippen molar-refractivity contribution in [3.63, 3.8) is 0 Å². The minimum atomic E-state index is -2.83. The van der Waals surface area contributed by atoms with E-state index >= 15 is 0 Å². The largest absolute Gasteiger partial charge is 0.382 e. The lowest BCUT2D eigenvalue weighted by atomic mass is 9.72. The number of halogens is 2. The molecule has 0 radical (unpaired) electrons. The van der Waals surface area contributed by atoms with Gasteiger partial charge in [0.1, 0.15) is 0 Å². The number of fused-ring (bicyclic) bond motifs is 3. The maximum absolute atomic E-state index is 14.0. The lowest BCUT2D eigenvalue weighted by Gasteiger charge is -2.36. The average Bonchev–Trinajstić information content (AvgIpc) is 3.45. The lowest BCUT2D eigenvalue weighted by molar-refractivity contribution is 0.0244. The van der Waals surface area contributed by atoms with Gasteiger partial charge in [0.2, 0.25) is 0 Å². The summed E-state index contributed by atoms with van der Waals surface area (Å²) < 4.78 is 28.0. The summed E-state index contributed by atoms with van der Waals surface area (Å²) >= 11 is 0. The van der Waals surface area contributed by atoms with E-state index in [-0.39, 0.29) is 0 Å². The molecule has 4 nitrogen and oxygen atoms in total. The molecule has 3 aromatic rings. The zero-order valence-corrected chi connectivity index (χ0v) is 31.9. The van der Waals surface area contributed by atoms with Crippen LogP contribution in [-0.2, 0) is 5.41 Å². The molecule has 0 amide bonds. The fraction of sp³-hybridized carbons (Fsp3) is 0.391. The lowest BCUT2D eigenvalue weighted by Crippen LogP contribution is -2.42. The van der Waals surface area contributed by atoms with Crippen molar-refractivity contribution in [3.05, 3.63) is 145 Å². The molecule has 52 heavy (non-hydrogen) atoms. The normalized spacial score (nSPS) is 15.4. The second-order valence-corrected chi connectivity index (χ2v) is 13.8. The van der Waals surface area contributed by atoms with E-state index in [2.05, 4.69) is 120 Å². The second-order valence-electron chi connectivity index (χ2n) is 13.8. The maximum Gasteiger partial charge on any atom is 0.262 e. The van der Waals surface area contributed by atoms with Gasteiger partial charge >= 0.3 is 0 Å². The van der Waals surface area contributed by atoms with Crippen LogP contribution in [0.2, 0.25) is 0 Å². The highest BCUT2D eigenvalue weighted by Crippen LogP contribution is 2.54. The molecule has 0 bridgehead atoms. The Hall–Kier alpha value is -4.42.